The SMILES string of the molecule is CC(C)c1ccc(N(Cc2ccc(N(C)C)cc2)C(=O)C2CCc3c(O)cccc32)cc1. The molecule has 0 bridgehead atoms. The molecule has 0 saturated heterocycles. The fourth-order valence-electron chi connectivity index (χ4n) is 4.50. The predicted molar refractivity (Wildman–Crippen MR) is 132 cm³/mol. The van der Waals surface area contributed by atoms with E-state index in [1.54, 1.807) is 6.07 Å². The van der Waals surface area contributed by atoms with E-state index < -0.39 is 0 Å². The molecule has 4 heteroatoms. The summed E-state index contributed by atoms with van der Waals surface area (Å²) in [4.78, 5) is 17.8. The predicted octanol–water partition coefficient (Wildman–Crippen LogP) is 5.84. The van der Waals surface area contributed by atoms with Crippen molar-refractivity contribution in [2.45, 2.75) is 45.1 Å². The number of rotatable bonds is 6. The molecule has 4 rings (SSSR count). The van der Waals surface area contributed by atoms with E-state index in [9.17, 15) is 9.90 Å². The van der Waals surface area contributed by atoms with Gasteiger partial charge in [0.2, 0.25) is 5.91 Å². The van der Waals surface area contributed by atoms with E-state index in [4.69, 9.17) is 0 Å². The molecular weight excluding hydrogens is 396 g/mol. The molecule has 0 spiro atoms. The van der Waals surface area contributed by atoms with Gasteiger partial charge in [-0.3, -0.25) is 4.79 Å². The first-order valence-corrected chi connectivity index (χ1v) is 11.3. The standard InChI is InChI=1S/C28H32N2O2/c1-19(2)21-10-14-23(15-11-21)30(18-20-8-12-22(13-9-20)29(3)4)28(32)26-17-16-25-24(26)6-5-7-27(25)31/h5-15,19,26,31H,16-18H2,1-4H3. The Kier molecular flexibility index (Phi) is 6.22. The summed E-state index contributed by atoms with van der Waals surface area (Å²) in [7, 11) is 4.04. The summed E-state index contributed by atoms with van der Waals surface area (Å²) in [5, 5.41) is 10.2. The van der Waals surface area contributed by atoms with Crippen LogP contribution in [0, 0.1) is 0 Å². The molecule has 4 nitrogen and oxygen atoms in total. The first-order valence-electron chi connectivity index (χ1n) is 11.3. The van der Waals surface area contributed by atoms with E-state index in [-0.39, 0.29) is 11.8 Å². The van der Waals surface area contributed by atoms with Gasteiger partial charge in [0.25, 0.3) is 0 Å². The van der Waals surface area contributed by atoms with Crippen molar-refractivity contribution in [3.05, 3.63) is 89.0 Å². The Labute approximate surface area is 191 Å². The van der Waals surface area contributed by atoms with E-state index in [2.05, 4.69) is 67.3 Å². The third-order valence-electron chi connectivity index (χ3n) is 6.47. The fraction of sp³-hybridized carbons (Fsp3) is 0.321. The third-order valence-corrected chi connectivity index (χ3v) is 6.47. The minimum atomic E-state index is -0.233. The normalized spacial score (nSPS) is 15.0. The third kappa shape index (κ3) is 4.36. The molecule has 166 valence electrons. The lowest BCUT2D eigenvalue weighted by Gasteiger charge is -2.27. The van der Waals surface area contributed by atoms with E-state index in [1.807, 2.05) is 31.1 Å². The monoisotopic (exact) mass is 428 g/mol. The molecule has 1 amide bonds. The smallest absolute Gasteiger partial charge is 0.234 e. The molecule has 1 atom stereocenters. The van der Waals surface area contributed by atoms with Crippen LogP contribution in [0.3, 0.4) is 0 Å². The van der Waals surface area contributed by atoms with Crippen molar-refractivity contribution >= 4 is 17.3 Å². The molecule has 0 aliphatic heterocycles. The molecule has 0 fully saturated rings. The van der Waals surface area contributed by atoms with Gasteiger partial charge in [-0.2, -0.15) is 0 Å². The van der Waals surface area contributed by atoms with E-state index in [0.29, 0.717) is 18.2 Å². The highest BCUT2D eigenvalue weighted by molar-refractivity contribution is 5.99. The van der Waals surface area contributed by atoms with Gasteiger partial charge < -0.3 is 14.9 Å². The van der Waals surface area contributed by atoms with Crippen molar-refractivity contribution in [1.29, 1.82) is 0 Å². The Bertz CT molecular complexity index is 1090. The van der Waals surface area contributed by atoms with Gasteiger partial charge in [0.15, 0.2) is 0 Å². The Morgan fingerprint density at radius 3 is 2.25 bits per heavy atom. The number of fused-ring (bicyclic) bond motifs is 1. The highest BCUT2D eigenvalue weighted by Gasteiger charge is 2.33. The molecule has 3 aromatic carbocycles. The molecular formula is C28H32N2O2. The summed E-state index contributed by atoms with van der Waals surface area (Å²) in [6, 6.07) is 22.2. The van der Waals surface area contributed by atoms with Gasteiger partial charge in [0.1, 0.15) is 5.75 Å². The second-order valence-corrected chi connectivity index (χ2v) is 9.17. The number of anilines is 2. The number of carbonyl (C=O) groups is 1. The highest BCUT2D eigenvalue weighted by atomic mass is 16.3. The highest BCUT2D eigenvalue weighted by Crippen LogP contribution is 2.40. The van der Waals surface area contributed by atoms with Crippen LogP contribution >= 0.6 is 0 Å². The number of carbonyl (C=O) groups excluding carboxylic acids is 1. The molecule has 1 aliphatic rings. The van der Waals surface area contributed by atoms with Crippen molar-refractivity contribution in [1.82, 2.24) is 0 Å². The molecule has 1 aliphatic carbocycles. The summed E-state index contributed by atoms with van der Waals surface area (Å²) < 4.78 is 0. The van der Waals surface area contributed by atoms with E-state index >= 15 is 0 Å². The topological polar surface area (TPSA) is 43.8 Å². The number of aromatic hydroxyl groups is 1. The largest absolute Gasteiger partial charge is 0.508 e. The van der Waals surface area contributed by atoms with Gasteiger partial charge in [-0.15, -0.1) is 0 Å². The lowest BCUT2D eigenvalue weighted by molar-refractivity contribution is -0.120. The second kappa shape index (κ2) is 9.07. The van der Waals surface area contributed by atoms with Gasteiger partial charge in [-0.25, -0.2) is 0 Å². The van der Waals surface area contributed by atoms with E-state index in [0.717, 1.165) is 40.9 Å². The molecule has 0 saturated carbocycles. The van der Waals surface area contributed by atoms with Crippen molar-refractivity contribution in [2.75, 3.05) is 23.9 Å². The summed E-state index contributed by atoms with van der Waals surface area (Å²) in [5.41, 5.74) is 6.26. The van der Waals surface area contributed by atoms with Crippen molar-refractivity contribution in [3.63, 3.8) is 0 Å². The van der Waals surface area contributed by atoms with Gasteiger partial charge >= 0.3 is 0 Å². The summed E-state index contributed by atoms with van der Waals surface area (Å²) in [5.74, 6) is 0.590. The minimum absolute atomic E-state index is 0.0864. The number of phenols is 1. The van der Waals surface area contributed by atoms with Crippen LogP contribution < -0.4 is 9.80 Å². The molecule has 3 aromatic rings. The fourth-order valence-corrected chi connectivity index (χ4v) is 4.50. The zero-order valence-corrected chi connectivity index (χ0v) is 19.4. The van der Waals surface area contributed by atoms with Crippen molar-refractivity contribution in [3.8, 4) is 5.75 Å². The first kappa shape index (κ1) is 21.9. The second-order valence-electron chi connectivity index (χ2n) is 9.17. The first-order chi connectivity index (χ1) is 15.3. The molecule has 1 unspecified atom stereocenters. The maximum atomic E-state index is 13.9. The summed E-state index contributed by atoms with van der Waals surface area (Å²) in [6.07, 6.45) is 1.46. The van der Waals surface area contributed by atoms with Crippen LogP contribution in [0.15, 0.2) is 66.7 Å². The lowest BCUT2D eigenvalue weighted by atomic mass is 9.98. The summed E-state index contributed by atoms with van der Waals surface area (Å²) >= 11 is 0. The molecule has 0 aromatic heterocycles. The van der Waals surface area contributed by atoms with Crippen LogP contribution in [0.5, 0.6) is 5.75 Å². The molecule has 32 heavy (non-hydrogen) atoms. The number of nitrogens with zero attached hydrogens (tertiary/aromatic N) is 2. The Hall–Kier alpha value is -3.27. The van der Waals surface area contributed by atoms with Crippen molar-refractivity contribution in [2.24, 2.45) is 0 Å². The van der Waals surface area contributed by atoms with Gasteiger partial charge in [0.05, 0.1) is 12.5 Å². The molecule has 0 heterocycles. The van der Waals surface area contributed by atoms with Crippen LogP contribution in [0.1, 0.15) is 54.4 Å². The Morgan fingerprint density at radius 1 is 0.969 bits per heavy atom. The minimum Gasteiger partial charge on any atom is -0.508 e. The zero-order chi connectivity index (χ0) is 22.8. The maximum absolute atomic E-state index is 13.9. The number of hydrogen-bond donors (Lipinski definition) is 1. The number of hydrogen-bond acceptors (Lipinski definition) is 3. The van der Waals surface area contributed by atoms with Crippen LogP contribution in [0.25, 0.3) is 0 Å². The van der Waals surface area contributed by atoms with E-state index in [1.165, 1.54) is 5.56 Å². The molecule has 1 N–H and O–H groups in total. The lowest BCUT2D eigenvalue weighted by Crippen LogP contribution is -2.34. The Balaban J connectivity index is 1.67. The van der Waals surface area contributed by atoms with Crippen LogP contribution in [-0.2, 0) is 17.8 Å². The molecule has 0 radical (unpaired) electrons. The average Bonchev–Trinajstić information content (AvgIpc) is 3.23. The quantitative estimate of drug-likeness (QED) is 0.536. The van der Waals surface area contributed by atoms with Crippen LogP contribution in [0.2, 0.25) is 0 Å². The van der Waals surface area contributed by atoms with Crippen molar-refractivity contribution < 1.29 is 9.90 Å². The van der Waals surface area contributed by atoms with Gasteiger partial charge in [-0.05, 0) is 71.3 Å². The maximum Gasteiger partial charge on any atom is 0.234 e. The average molecular weight is 429 g/mol. The Morgan fingerprint density at radius 2 is 1.62 bits per heavy atom. The number of benzene rings is 3. The summed E-state index contributed by atoms with van der Waals surface area (Å²) in [6.45, 7) is 4.86. The van der Waals surface area contributed by atoms with Gasteiger partial charge in [0, 0.05) is 25.5 Å². The zero-order valence-electron chi connectivity index (χ0n) is 19.4. The van der Waals surface area contributed by atoms with Gasteiger partial charge in [-0.1, -0.05) is 50.2 Å². The van der Waals surface area contributed by atoms with Crippen LogP contribution in [-0.4, -0.2) is 25.1 Å². The number of phenolic OH excluding ortho intramolecular Hbond substituents is 1. The van der Waals surface area contributed by atoms with Crippen LogP contribution in [0.4, 0.5) is 11.4 Å². The number of amides is 1.